The molecular weight excluding hydrogens is 206 g/mol. The SMILES string of the molecule is CC(C)NCc1cccc(-c2ccccc2)c1. The van der Waals surface area contributed by atoms with Crippen LogP contribution in [-0.2, 0) is 6.54 Å². The minimum absolute atomic E-state index is 0.524. The van der Waals surface area contributed by atoms with Gasteiger partial charge in [0.1, 0.15) is 0 Å². The van der Waals surface area contributed by atoms with E-state index >= 15 is 0 Å². The van der Waals surface area contributed by atoms with Crippen molar-refractivity contribution in [2.24, 2.45) is 0 Å². The van der Waals surface area contributed by atoms with Crippen molar-refractivity contribution in [3.8, 4) is 11.1 Å². The Labute approximate surface area is 103 Å². The van der Waals surface area contributed by atoms with Gasteiger partial charge in [-0.25, -0.2) is 0 Å². The van der Waals surface area contributed by atoms with Crippen LogP contribution in [-0.4, -0.2) is 6.04 Å². The molecule has 0 amide bonds. The second kappa shape index (κ2) is 5.65. The average molecular weight is 225 g/mol. The van der Waals surface area contributed by atoms with Crippen LogP contribution < -0.4 is 5.32 Å². The maximum atomic E-state index is 3.44. The first-order valence-corrected chi connectivity index (χ1v) is 6.13. The Kier molecular flexibility index (Phi) is 3.94. The topological polar surface area (TPSA) is 12.0 Å². The smallest absolute Gasteiger partial charge is 0.0208 e. The molecule has 0 bridgehead atoms. The fourth-order valence-electron chi connectivity index (χ4n) is 1.81. The zero-order chi connectivity index (χ0) is 12.1. The van der Waals surface area contributed by atoms with Crippen LogP contribution in [0.25, 0.3) is 11.1 Å². The molecule has 0 atom stereocenters. The van der Waals surface area contributed by atoms with E-state index in [0.29, 0.717) is 6.04 Å². The molecule has 1 heteroatoms. The molecule has 0 aliphatic carbocycles. The lowest BCUT2D eigenvalue weighted by atomic mass is 10.0. The Morgan fingerprint density at radius 2 is 1.59 bits per heavy atom. The average Bonchev–Trinajstić information content (AvgIpc) is 2.38. The Balaban J connectivity index is 2.17. The molecule has 2 rings (SSSR count). The van der Waals surface area contributed by atoms with Gasteiger partial charge in [0.15, 0.2) is 0 Å². The number of benzene rings is 2. The maximum Gasteiger partial charge on any atom is 0.0208 e. The summed E-state index contributed by atoms with van der Waals surface area (Å²) in [6.45, 7) is 5.26. The lowest BCUT2D eigenvalue weighted by Gasteiger charge is -2.09. The van der Waals surface area contributed by atoms with Crippen LogP contribution in [0.15, 0.2) is 54.6 Å². The molecule has 0 saturated carbocycles. The summed E-state index contributed by atoms with van der Waals surface area (Å²) in [4.78, 5) is 0. The summed E-state index contributed by atoms with van der Waals surface area (Å²) in [5, 5.41) is 3.44. The van der Waals surface area contributed by atoms with Crippen LogP contribution in [0.1, 0.15) is 19.4 Å². The van der Waals surface area contributed by atoms with Gasteiger partial charge in [0.25, 0.3) is 0 Å². The van der Waals surface area contributed by atoms with Gasteiger partial charge in [-0.05, 0) is 22.8 Å². The Morgan fingerprint density at radius 3 is 2.29 bits per heavy atom. The number of hydrogen-bond acceptors (Lipinski definition) is 1. The third-order valence-electron chi connectivity index (χ3n) is 2.75. The van der Waals surface area contributed by atoms with Crippen LogP contribution in [0.3, 0.4) is 0 Å². The van der Waals surface area contributed by atoms with Gasteiger partial charge in [-0.1, -0.05) is 62.4 Å². The van der Waals surface area contributed by atoms with Gasteiger partial charge in [-0.3, -0.25) is 0 Å². The van der Waals surface area contributed by atoms with E-state index in [0.717, 1.165) is 6.54 Å². The van der Waals surface area contributed by atoms with Gasteiger partial charge in [0.2, 0.25) is 0 Å². The highest BCUT2D eigenvalue weighted by molar-refractivity contribution is 5.63. The first kappa shape index (κ1) is 11.9. The molecular formula is C16H19N. The summed E-state index contributed by atoms with van der Waals surface area (Å²) in [5.41, 5.74) is 3.90. The largest absolute Gasteiger partial charge is 0.310 e. The summed E-state index contributed by atoms with van der Waals surface area (Å²) in [6.07, 6.45) is 0. The van der Waals surface area contributed by atoms with E-state index in [1.165, 1.54) is 16.7 Å². The molecule has 0 unspecified atom stereocenters. The summed E-state index contributed by atoms with van der Waals surface area (Å²) >= 11 is 0. The van der Waals surface area contributed by atoms with Crippen LogP contribution in [0.2, 0.25) is 0 Å². The highest BCUT2D eigenvalue weighted by Crippen LogP contribution is 2.19. The standard InChI is InChI=1S/C16H19N/c1-13(2)17-12-14-7-6-10-16(11-14)15-8-4-3-5-9-15/h3-11,13,17H,12H2,1-2H3. The molecule has 0 heterocycles. The van der Waals surface area contributed by atoms with Crippen LogP contribution >= 0.6 is 0 Å². The van der Waals surface area contributed by atoms with Gasteiger partial charge in [0.05, 0.1) is 0 Å². The second-order valence-electron chi connectivity index (χ2n) is 4.60. The highest BCUT2D eigenvalue weighted by atomic mass is 14.9. The van der Waals surface area contributed by atoms with Crippen molar-refractivity contribution in [1.29, 1.82) is 0 Å². The van der Waals surface area contributed by atoms with E-state index in [4.69, 9.17) is 0 Å². The lowest BCUT2D eigenvalue weighted by Crippen LogP contribution is -2.21. The van der Waals surface area contributed by atoms with E-state index in [2.05, 4.69) is 67.7 Å². The van der Waals surface area contributed by atoms with Crippen molar-refractivity contribution >= 4 is 0 Å². The van der Waals surface area contributed by atoms with Crippen molar-refractivity contribution in [3.63, 3.8) is 0 Å². The molecule has 2 aromatic rings. The molecule has 17 heavy (non-hydrogen) atoms. The van der Waals surface area contributed by atoms with Crippen molar-refractivity contribution in [2.75, 3.05) is 0 Å². The molecule has 0 spiro atoms. The molecule has 0 saturated heterocycles. The molecule has 0 radical (unpaired) electrons. The lowest BCUT2D eigenvalue weighted by molar-refractivity contribution is 0.589. The number of hydrogen-bond donors (Lipinski definition) is 1. The summed E-state index contributed by atoms with van der Waals surface area (Å²) in [5.74, 6) is 0. The fourth-order valence-corrected chi connectivity index (χ4v) is 1.81. The van der Waals surface area contributed by atoms with Crippen molar-refractivity contribution in [3.05, 3.63) is 60.2 Å². The molecule has 0 aliphatic rings. The van der Waals surface area contributed by atoms with Crippen LogP contribution in [0.4, 0.5) is 0 Å². The molecule has 1 nitrogen and oxygen atoms in total. The van der Waals surface area contributed by atoms with E-state index in [1.54, 1.807) is 0 Å². The summed E-state index contributed by atoms with van der Waals surface area (Å²) in [7, 11) is 0. The van der Waals surface area contributed by atoms with Crippen molar-refractivity contribution in [1.82, 2.24) is 5.32 Å². The first-order chi connectivity index (χ1) is 8.25. The van der Waals surface area contributed by atoms with E-state index in [-0.39, 0.29) is 0 Å². The van der Waals surface area contributed by atoms with Crippen LogP contribution in [0.5, 0.6) is 0 Å². The van der Waals surface area contributed by atoms with Gasteiger partial charge < -0.3 is 5.32 Å². The summed E-state index contributed by atoms with van der Waals surface area (Å²) < 4.78 is 0. The van der Waals surface area contributed by atoms with E-state index < -0.39 is 0 Å². The zero-order valence-electron chi connectivity index (χ0n) is 10.5. The first-order valence-electron chi connectivity index (χ1n) is 6.13. The predicted octanol–water partition coefficient (Wildman–Crippen LogP) is 3.85. The van der Waals surface area contributed by atoms with Crippen LogP contribution in [0, 0.1) is 0 Å². The third-order valence-corrected chi connectivity index (χ3v) is 2.75. The molecule has 0 aromatic heterocycles. The van der Waals surface area contributed by atoms with E-state index in [9.17, 15) is 0 Å². The quantitative estimate of drug-likeness (QED) is 0.833. The van der Waals surface area contributed by atoms with Crippen molar-refractivity contribution < 1.29 is 0 Å². The van der Waals surface area contributed by atoms with Gasteiger partial charge in [-0.15, -0.1) is 0 Å². The third kappa shape index (κ3) is 3.43. The van der Waals surface area contributed by atoms with Gasteiger partial charge >= 0.3 is 0 Å². The molecule has 88 valence electrons. The molecule has 2 aromatic carbocycles. The second-order valence-corrected chi connectivity index (χ2v) is 4.60. The Morgan fingerprint density at radius 1 is 0.882 bits per heavy atom. The van der Waals surface area contributed by atoms with Gasteiger partial charge in [-0.2, -0.15) is 0 Å². The highest BCUT2D eigenvalue weighted by Gasteiger charge is 1.99. The molecule has 1 N–H and O–H groups in total. The zero-order valence-corrected chi connectivity index (χ0v) is 10.5. The maximum absolute atomic E-state index is 3.44. The monoisotopic (exact) mass is 225 g/mol. The number of nitrogens with one attached hydrogen (secondary N) is 1. The van der Waals surface area contributed by atoms with E-state index in [1.807, 2.05) is 6.07 Å². The number of rotatable bonds is 4. The minimum Gasteiger partial charge on any atom is -0.310 e. The minimum atomic E-state index is 0.524. The molecule has 0 fully saturated rings. The Hall–Kier alpha value is -1.60. The van der Waals surface area contributed by atoms with Crippen molar-refractivity contribution in [2.45, 2.75) is 26.4 Å². The predicted molar refractivity (Wildman–Crippen MR) is 73.9 cm³/mol. The Bertz CT molecular complexity index is 460. The molecule has 0 aliphatic heterocycles. The van der Waals surface area contributed by atoms with Gasteiger partial charge in [0, 0.05) is 12.6 Å². The summed E-state index contributed by atoms with van der Waals surface area (Å²) in [6, 6.07) is 19.7. The normalized spacial score (nSPS) is 10.8. The fraction of sp³-hybridized carbons (Fsp3) is 0.250.